The number of likely N-dealkylation sites (tertiary alicyclic amines) is 1. The molecule has 0 aromatic carbocycles. The Morgan fingerprint density at radius 1 is 1.24 bits per heavy atom. The van der Waals surface area contributed by atoms with Crippen LogP contribution in [0.4, 0.5) is 13.2 Å². The molecule has 1 aromatic heterocycles. The van der Waals surface area contributed by atoms with E-state index in [-0.39, 0.29) is 11.2 Å². The standard InChI is InChI=1S/C13H16F3N3OS/c1-9(12(20)19-7-3-2-4-8-19)21-11-6-5-10(17-18-11)13(14,15)16/h5-6,9H,2-4,7-8H2,1H3/t9-/m0/s1. The van der Waals surface area contributed by atoms with Crippen molar-refractivity contribution >= 4 is 17.7 Å². The number of hydrogen-bond donors (Lipinski definition) is 0. The van der Waals surface area contributed by atoms with E-state index in [1.807, 2.05) is 0 Å². The number of halogens is 3. The smallest absolute Gasteiger partial charge is 0.342 e. The average Bonchev–Trinajstić information content (AvgIpc) is 2.47. The van der Waals surface area contributed by atoms with Gasteiger partial charge in [-0.2, -0.15) is 13.2 Å². The highest BCUT2D eigenvalue weighted by molar-refractivity contribution is 8.00. The van der Waals surface area contributed by atoms with E-state index in [0.717, 1.165) is 50.2 Å². The predicted octanol–water partition coefficient (Wildman–Crippen LogP) is 2.99. The zero-order valence-electron chi connectivity index (χ0n) is 11.6. The van der Waals surface area contributed by atoms with Gasteiger partial charge in [-0.05, 0) is 38.3 Å². The summed E-state index contributed by atoms with van der Waals surface area (Å²) in [6.45, 7) is 3.24. The average molecular weight is 319 g/mol. The van der Waals surface area contributed by atoms with Crippen molar-refractivity contribution in [3.05, 3.63) is 17.8 Å². The second-order valence-corrected chi connectivity index (χ2v) is 6.26. The minimum Gasteiger partial charge on any atom is -0.342 e. The molecular weight excluding hydrogens is 303 g/mol. The topological polar surface area (TPSA) is 46.1 Å². The van der Waals surface area contributed by atoms with E-state index in [1.165, 1.54) is 6.07 Å². The zero-order valence-corrected chi connectivity index (χ0v) is 12.4. The Hall–Kier alpha value is -1.31. The fraction of sp³-hybridized carbons (Fsp3) is 0.615. The molecule has 2 rings (SSSR count). The molecule has 1 aliphatic heterocycles. The van der Waals surface area contributed by atoms with Gasteiger partial charge in [0.1, 0.15) is 5.03 Å². The Morgan fingerprint density at radius 3 is 2.43 bits per heavy atom. The highest BCUT2D eigenvalue weighted by atomic mass is 32.2. The molecule has 0 N–H and O–H groups in total. The molecule has 1 fully saturated rings. The summed E-state index contributed by atoms with van der Waals surface area (Å²) in [7, 11) is 0. The quantitative estimate of drug-likeness (QED) is 0.804. The van der Waals surface area contributed by atoms with Crippen molar-refractivity contribution in [2.45, 2.75) is 42.6 Å². The SMILES string of the molecule is C[C@H](Sc1ccc(C(F)(F)F)nn1)C(=O)N1CCCCC1. The molecular formula is C13H16F3N3OS. The van der Waals surface area contributed by atoms with Crippen LogP contribution < -0.4 is 0 Å². The first-order valence-electron chi connectivity index (χ1n) is 6.74. The van der Waals surface area contributed by atoms with E-state index in [0.29, 0.717) is 5.03 Å². The number of thioether (sulfide) groups is 1. The van der Waals surface area contributed by atoms with E-state index in [1.54, 1.807) is 11.8 Å². The van der Waals surface area contributed by atoms with Gasteiger partial charge in [0, 0.05) is 13.1 Å². The number of nitrogens with zero attached hydrogens (tertiary/aromatic N) is 3. The fourth-order valence-corrected chi connectivity index (χ4v) is 2.98. The summed E-state index contributed by atoms with van der Waals surface area (Å²) >= 11 is 1.13. The van der Waals surface area contributed by atoms with Gasteiger partial charge in [-0.3, -0.25) is 4.79 Å². The van der Waals surface area contributed by atoms with Gasteiger partial charge in [0.05, 0.1) is 5.25 Å². The third kappa shape index (κ3) is 4.33. The fourth-order valence-electron chi connectivity index (χ4n) is 2.14. The molecule has 0 unspecified atom stereocenters. The van der Waals surface area contributed by atoms with Gasteiger partial charge in [-0.25, -0.2) is 0 Å². The van der Waals surface area contributed by atoms with Gasteiger partial charge in [0.25, 0.3) is 0 Å². The van der Waals surface area contributed by atoms with Crippen molar-refractivity contribution in [3.63, 3.8) is 0 Å². The summed E-state index contributed by atoms with van der Waals surface area (Å²) in [6.07, 6.45) is -1.35. The molecule has 1 aromatic rings. The molecule has 116 valence electrons. The Bertz CT molecular complexity index is 486. The van der Waals surface area contributed by atoms with Crippen molar-refractivity contribution in [3.8, 4) is 0 Å². The van der Waals surface area contributed by atoms with Crippen LogP contribution in [0.25, 0.3) is 0 Å². The summed E-state index contributed by atoms with van der Waals surface area (Å²) in [5.74, 6) is 0.00129. The first-order valence-corrected chi connectivity index (χ1v) is 7.62. The molecule has 0 saturated carbocycles. The van der Waals surface area contributed by atoms with Gasteiger partial charge < -0.3 is 4.90 Å². The maximum absolute atomic E-state index is 12.4. The van der Waals surface area contributed by atoms with Crippen molar-refractivity contribution in [1.29, 1.82) is 0 Å². The first kappa shape index (κ1) is 16.1. The van der Waals surface area contributed by atoms with Crippen molar-refractivity contribution in [2.24, 2.45) is 0 Å². The molecule has 8 heteroatoms. The highest BCUT2D eigenvalue weighted by Crippen LogP contribution is 2.29. The number of aromatic nitrogens is 2. The minimum absolute atomic E-state index is 0.00129. The van der Waals surface area contributed by atoms with E-state index in [4.69, 9.17) is 0 Å². The number of hydrogen-bond acceptors (Lipinski definition) is 4. The first-order chi connectivity index (χ1) is 9.88. The molecule has 4 nitrogen and oxygen atoms in total. The second kappa shape index (κ2) is 6.64. The van der Waals surface area contributed by atoms with Crippen molar-refractivity contribution in [2.75, 3.05) is 13.1 Å². The van der Waals surface area contributed by atoms with Gasteiger partial charge in [0.2, 0.25) is 5.91 Å². The summed E-state index contributed by atoms with van der Waals surface area (Å²) < 4.78 is 37.1. The number of carbonyl (C=O) groups excluding carboxylic acids is 1. The van der Waals surface area contributed by atoms with Gasteiger partial charge in [-0.1, -0.05) is 11.8 Å². The van der Waals surface area contributed by atoms with E-state index < -0.39 is 11.9 Å². The van der Waals surface area contributed by atoms with Crippen LogP contribution in [0.1, 0.15) is 31.9 Å². The lowest BCUT2D eigenvalue weighted by molar-refractivity contribution is -0.141. The zero-order chi connectivity index (χ0) is 15.5. The number of alkyl halides is 3. The highest BCUT2D eigenvalue weighted by Gasteiger charge is 2.33. The lowest BCUT2D eigenvalue weighted by Gasteiger charge is -2.28. The van der Waals surface area contributed by atoms with Crippen LogP contribution in [0.2, 0.25) is 0 Å². The van der Waals surface area contributed by atoms with Gasteiger partial charge >= 0.3 is 6.18 Å². The molecule has 0 bridgehead atoms. The van der Waals surface area contributed by atoms with Gasteiger partial charge in [-0.15, -0.1) is 10.2 Å². The van der Waals surface area contributed by atoms with E-state index in [9.17, 15) is 18.0 Å². The number of rotatable bonds is 3. The summed E-state index contributed by atoms with van der Waals surface area (Å²) in [5, 5.41) is 6.63. The van der Waals surface area contributed by atoms with Crippen LogP contribution >= 0.6 is 11.8 Å². The molecule has 1 saturated heterocycles. The van der Waals surface area contributed by atoms with E-state index in [2.05, 4.69) is 10.2 Å². The number of amides is 1. The molecule has 1 amide bonds. The van der Waals surface area contributed by atoms with Crippen molar-refractivity contribution < 1.29 is 18.0 Å². The predicted molar refractivity (Wildman–Crippen MR) is 72.8 cm³/mol. The maximum atomic E-state index is 12.4. The summed E-state index contributed by atoms with van der Waals surface area (Å²) in [6, 6.07) is 2.13. The van der Waals surface area contributed by atoms with E-state index >= 15 is 0 Å². The lowest BCUT2D eigenvalue weighted by Crippen LogP contribution is -2.40. The van der Waals surface area contributed by atoms with Crippen LogP contribution in [0.15, 0.2) is 17.2 Å². The largest absolute Gasteiger partial charge is 0.435 e. The molecule has 0 aliphatic carbocycles. The molecule has 21 heavy (non-hydrogen) atoms. The molecule has 2 heterocycles. The third-order valence-electron chi connectivity index (χ3n) is 3.24. The Morgan fingerprint density at radius 2 is 1.90 bits per heavy atom. The van der Waals surface area contributed by atoms with Gasteiger partial charge in [0.15, 0.2) is 5.69 Å². The van der Waals surface area contributed by atoms with Crippen LogP contribution in [-0.2, 0) is 11.0 Å². The normalized spacial score (nSPS) is 17.6. The third-order valence-corrected chi connectivity index (χ3v) is 4.26. The summed E-state index contributed by atoms with van der Waals surface area (Å²) in [4.78, 5) is 14.0. The molecule has 0 spiro atoms. The summed E-state index contributed by atoms with van der Waals surface area (Å²) in [5.41, 5.74) is -1.03. The second-order valence-electron chi connectivity index (χ2n) is 4.90. The molecule has 1 atom stereocenters. The maximum Gasteiger partial charge on any atom is 0.435 e. The minimum atomic E-state index is -4.49. The Kier molecular flexibility index (Phi) is 5.08. The van der Waals surface area contributed by atoms with Crippen LogP contribution in [0, 0.1) is 0 Å². The van der Waals surface area contributed by atoms with Crippen LogP contribution in [0.3, 0.4) is 0 Å². The number of carbonyl (C=O) groups is 1. The van der Waals surface area contributed by atoms with Crippen LogP contribution in [-0.4, -0.2) is 39.3 Å². The Labute approximate surface area is 125 Å². The van der Waals surface area contributed by atoms with Crippen LogP contribution in [0.5, 0.6) is 0 Å². The monoisotopic (exact) mass is 319 g/mol. The lowest BCUT2D eigenvalue weighted by atomic mass is 10.1. The van der Waals surface area contributed by atoms with Crippen molar-refractivity contribution in [1.82, 2.24) is 15.1 Å². The number of piperidine rings is 1. The molecule has 1 aliphatic rings. The molecule has 0 radical (unpaired) electrons. The Balaban J connectivity index is 1.95.